The summed E-state index contributed by atoms with van der Waals surface area (Å²) in [6, 6.07) is 6.56. The molecular weight excluding hydrogens is 312 g/mol. The number of benzene rings is 1. The van der Waals surface area contributed by atoms with Crippen LogP contribution in [-0.4, -0.2) is 22.6 Å². The summed E-state index contributed by atoms with van der Waals surface area (Å²) in [7, 11) is 0. The van der Waals surface area contributed by atoms with Gasteiger partial charge in [-0.15, -0.1) is 11.6 Å². The molecule has 1 aromatic rings. The number of rotatable bonds is 4. The molecule has 4 fully saturated rings. The first-order valence-corrected chi connectivity index (χ1v) is 8.76. The molecule has 0 N–H and O–H groups in total. The number of alkyl halides is 1. The van der Waals surface area contributed by atoms with Crippen LogP contribution in [0.15, 0.2) is 29.3 Å². The molecule has 0 aliphatic heterocycles. The van der Waals surface area contributed by atoms with Gasteiger partial charge in [-0.25, -0.2) is 0 Å². The average molecular weight is 333 g/mol. The Labute approximate surface area is 141 Å². The first-order chi connectivity index (χ1) is 11.0. The summed E-state index contributed by atoms with van der Waals surface area (Å²) >= 11 is 6.85. The number of halogens is 1. The standard InChI is InChI=1S/C18H21ClN2O2/c19-18-8-14-5-15(9-18)7-17(6-14,11-18)12-20-10-13-1-3-16(4-2-13)21(22)23/h1-4,10,14-15H,5-9,11-12H2/t14-,15+,17?,18?. The van der Waals surface area contributed by atoms with E-state index in [0.717, 1.165) is 30.4 Å². The Balaban J connectivity index is 1.45. The van der Waals surface area contributed by atoms with Gasteiger partial charge in [0.25, 0.3) is 5.69 Å². The maximum atomic E-state index is 10.7. The quantitative estimate of drug-likeness (QED) is 0.350. The van der Waals surface area contributed by atoms with Gasteiger partial charge in [0.2, 0.25) is 0 Å². The summed E-state index contributed by atoms with van der Waals surface area (Å²) in [5.41, 5.74) is 1.33. The van der Waals surface area contributed by atoms with Crippen LogP contribution in [0.25, 0.3) is 0 Å². The van der Waals surface area contributed by atoms with E-state index in [1.54, 1.807) is 12.1 Å². The molecule has 4 atom stereocenters. The zero-order valence-electron chi connectivity index (χ0n) is 13.1. The van der Waals surface area contributed by atoms with E-state index in [4.69, 9.17) is 11.6 Å². The van der Waals surface area contributed by atoms with Gasteiger partial charge in [-0.3, -0.25) is 15.1 Å². The largest absolute Gasteiger partial charge is 0.292 e. The highest BCUT2D eigenvalue weighted by molar-refractivity contribution is 6.24. The molecule has 2 unspecified atom stereocenters. The van der Waals surface area contributed by atoms with Gasteiger partial charge >= 0.3 is 0 Å². The maximum Gasteiger partial charge on any atom is 0.269 e. The zero-order valence-corrected chi connectivity index (χ0v) is 13.8. The van der Waals surface area contributed by atoms with E-state index in [-0.39, 0.29) is 15.5 Å². The van der Waals surface area contributed by atoms with E-state index < -0.39 is 0 Å². The Bertz CT molecular complexity index is 641. The summed E-state index contributed by atoms with van der Waals surface area (Å²) in [6.45, 7) is 0.839. The summed E-state index contributed by atoms with van der Waals surface area (Å²) in [5.74, 6) is 1.59. The number of hydrogen-bond donors (Lipinski definition) is 0. The van der Waals surface area contributed by atoms with Gasteiger partial charge in [0, 0.05) is 29.8 Å². The molecule has 4 bridgehead atoms. The van der Waals surface area contributed by atoms with Crippen LogP contribution in [0.5, 0.6) is 0 Å². The molecule has 0 heterocycles. The van der Waals surface area contributed by atoms with Crippen molar-refractivity contribution in [2.24, 2.45) is 22.2 Å². The van der Waals surface area contributed by atoms with Crippen molar-refractivity contribution >= 4 is 23.5 Å². The molecule has 4 nitrogen and oxygen atoms in total. The lowest BCUT2D eigenvalue weighted by molar-refractivity contribution is -0.384. The molecule has 0 aromatic heterocycles. The lowest BCUT2D eigenvalue weighted by atomic mass is 9.49. The molecule has 4 aliphatic rings. The van der Waals surface area contributed by atoms with Crippen molar-refractivity contribution in [3.05, 3.63) is 39.9 Å². The molecule has 23 heavy (non-hydrogen) atoms. The Morgan fingerprint density at radius 3 is 2.43 bits per heavy atom. The molecule has 4 aliphatic carbocycles. The van der Waals surface area contributed by atoms with Crippen molar-refractivity contribution in [2.45, 2.75) is 43.4 Å². The summed E-state index contributed by atoms with van der Waals surface area (Å²) < 4.78 is 0. The van der Waals surface area contributed by atoms with E-state index in [2.05, 4.69) is 4.99 Å². The zero-order chi connectivity index (χ0) is 16.1. The first kappa shape index (κ1) is 15.1. The van der Waals surface area contributed by atoms with Crippen molar-refractivity contribution in [1.29, 1.82) is 0 Å². The highest BCUT2D eigenvalue weighted by Gasteiger charge is 2.56. The lowest BCUT2D eigenvalue weighted by Gasteiger charge is -2.59. The Morgan fingerprint density at radius 2 is 1.87 bits per heavy atom. The van der Waals surface area contributed by atoms with Crippen LogP contribution in [0.1, 0.15) is 44.1 Å². The van der Waals surface area contributed by atoms with Gasteiger partial charge in [-0.2, -0.15) is 0 Å². The van der Waals surface area contributed by atoms with Gasteiger partial charge in [-0.1, -0.05) is 0 Å². The molecule has 4 saturated carbocycles. The smallest absolute Gasteiger partial charge is 0.269 e. The average Bonchev–Trinajstić information content (AvgIpc) is 2.45. The van der Waals surface area contributed by atoms with Crippen LogP contribution in [0.2, 0.25) is 0 Å². The Kier molecular flexibility index (Phi) is 3.49. The minimum atomic E-state index is -0.379. The predicted molar refractivity (Wildman–Crippen MR) is 91.3 cm³/mol. The van der Waals surface area contributed by atoms with Gasteiger partial charge in [0.15, 0.2) is 0 Å². The normalized spacial score (nSPS) is 38.3. The van der Waals surface area contributed by atoms with E-state index in [9.17, 15) is 10.1 Å². The van der Waals surface area contributed by atoms with Gasteiger partial charge in [-0.05, 0) is 73.5 Å². The molecular formula is C18H21ClN2O2. The van der Waals surface area contributed by atoms with Crippen LogP contribution in [0.4, 0.5) is 5.69 Å². The van der Waals surface area contributed by atoms with E-state index in [1.807, 2.05) is 6.21 Å². The number of nitro groups is 1. The second kappa shape index (κ2) is 5.30. The van der Waals surface area contributed by atoms with Crippen LogP contribution >= 0.6 is 11.6 Å². The molecule has 122 valence electrons. The van der Waals surface area contributed by atoms with Gasteiger partial charge < -0.3 is 0 Å². The highest BCUT2D eigenvalue weighted by atomic mass is 35.5. The summed E-state index contributed by atoms with van der Waals surface area (Å²) in [4.78, 5) is 15.0. The summed E-state index contributed by atoms with van der Waals surface area (Å²) in [6.07, 6.45) is 9.25. The lowest BCUT2D eigenvalue weighted by Crippen LogP contribution is -2.54. The van der Waals surface area contributed by atoms with Gasteiger partial charge in [0.1, 0.15) is 0 Å². The van der Waals surface area contributed by atoms with E-state index >= 15 is 0 Å². The molecule has 5 rings (SSSR count). The van der Waals surface area contributed by atoms with Crippen LogP contribution in [0.3, 0.4) is 0 Å². The highest BCUT2D eigenvalue weighted by Crippen LogP contribution is 2.63. The fourth-order valence-corrected chi connectivity index (χ4v) is 6.27. The molecule has 0 saturated heterocycles. The van der Waals surface area contributed by atoms with E-state index in [0.29, 0.717) is 5.41 Å². The maximum absolute atomic E-state index is 10.7. The number of non-ortho nitro benzene ring substituents is 1. The molecule has 5 heteroatoms. The van der Waals surface area contributed by atoms with Crippen LogP contribution in [-0.2, 0) is 0 Å². The number of nitro benzene ring substituents is 1. The molecule has 0 amide bonds. The van der Waals surface area contributed by atoms with Crippen molar-refractivity contribution < 1.29 is 4.92 Å². The molecule has 1 aromatic carbocycles. The Morgan fingerprint density at radius 1 is 1.22 bits per heavy atom. The SMILES string of the molecule is O=[N+]([O-])c1ccc(C=NCC23C[C@@H]4C[C@@H](CC(Cl)(C4)C2)C3)cc1. The second-order valence-corrected chi connectivity index (χ2v) is 8.73. The fraction of sp³-hybridized carbons (Fsp3) is 0.611. The van der Waals surface area contributed by atoms with Crippen LogP contribution in [0, 0.1) is 27.4 Å². The third kappa shape index (κ3) is 2.89. The minimum absolute atomic E-state index is 0.0347. The van der Waals surface area contributed by atoms with Crippen molar-refractivity contribution in [1.82, 2.24) is 0 Å². The minimum Gasteiger partial charge on any atom is -0.292 e. The predicted octanol–water partition coefficient (Wildman–Crippen LogP) is 4.59. The molecule has 0 spiro atoms. The van der Waals surface area contributed by atoms with Crippen molar-refractivity contribution in [3.63, 3.8) is 0 Å². The summed E-state index contributed by atoms with van der Waals surface area (Å²) in [5, 5.41) is 10.7. The molecule has 0 radical (unpaired) electrons. The van der Waals surface area contributed by atoms with Gasteiger partial charge in [0.05, 0.1) is 4.92 Å². The number of aliphatic imine (C=N–C) groups is 1. The second-order valence-electron chi connectivity index (χ2n) is 7.93. The topological polar surface area (TPSA) is 55.5 Å². The van der Waals surface area contributed by atoms with Crippen LogP contribution < -0.4 is 0 Å². The first-order valence-electron chi connectivity index (χ1n) is 8.39. The van der Waals surface area contributed by atoms with Crippen molar-refractivity contribution in [3.8, 4) is 0 Å². The fourth-order valence-electron chi connectivity index (χ4n) is 5.55. The monoisotopic (exact) mass is 332 g/mol. The number of nitrogens with zero attached hydrogens (tertiary/aromatic N) is 2. The third-order valence-electron chi connectivity index (χ3n) is 5.88. The number of hydrogen-bond acceptors (Lipinski definition) is 3. The van der Waals surface area contributed by atoms with Crippen molar-refractivity contribution in [2.75, 3.05) is 6.54 Å². The third-order valence-corrected chi connectivity index (χ3v) is 6.32. The van der Waals surface area contributed by atoms with E-state index in [1.165, 1.54) is 44.2 Å². The Hall–Kier alpha value is -1.42.